The van der Waals surface area contributed by atoms with Crippen LogP contribution < -0.4 is 0 Å². The summed E-state index contributed by atoms with van der Waals surface area (Å²) in [7, 11) is 1.89. The van der Waals surface area contributed by atoms with Gasteiger partial charge in [0.25, 0.3) is 0 Å². The van der Waals surface area contributed by atoms with Gasteiger partial charge in [-0.3, -0.25) is 9.58 Å². The second-order valence-corrected chi connectivity index (χ2v) is 5.52. The van der Waals surface area contributed by atoms with Gasteiger partial charge in [-0.15, -0.1) is 0 Å². The van der Waals surface area contributed by atoms with E-state index in [0.29, 0.717) is 18.2 Å². The van der Waals surface area contributed by atoms with Crippen LogP contribution in [0.4, 0.5) is 0 Å². The van der Waals surface area contributed by atoms with E-state index < -0.39 is 0 Å². The minimum Gasteiger partial charge on any atom is -0.462 e. The molecule has 1 fully saturated rings. The van der Waals surface area contributed by atoms with E-state index in [0.717, 1.165) is 18.8 Å². The van der Waals surface area contributed by atoms with Crippen molar-refractivity contribution in [2.75, 3.05) is 13.2 Å². The molecule has 0 aromatic carbocycles. The molecule has 0 amide bonds. The molecule has 2 rings (SSSR count). The monoisotopic (exact) mass is 279 g/mol. The topological polar surface area (TPSA) is 47.4 Å². The van der Waals surface area contributed by atoms with Crippen molar-refractivity contribution in [2.24, 2.45) is 7.05 Å². The highest BCUT2D eigenvalue weighted by molar-refractivity contribution is 5.90. The van der Waals surface area contributed by atoms with Crippen LogP contribution >= 0.6 is 0 Å². The van der Waals surface area contributed by atoms with Crippen LogP contribution in [0.3, 0.4) is 0 Å². The first kappa shape index (κ1) is 15.0. The van der Waals surface area contributed by atoms with Crippen LogP contribution in [-0.4, -0.2) is 39.8 Å². The molecule has 1 aliphatic heterocycles. The Labute approximate surface area is 120 Å². The lowest BCUT2D eigenvalue weighted by molar-refractivity contribution is 0.0523. The smallest absolute Gasteiger partial charge is 0.341 e. The number of likely N-dealkylation sites (tertiary alicyclic amines) is 1. The maximum absolute atomic E-state index is 12.0. The molecule has 1 aliphatic rings. The van der Waals surface area contributed by atoms with Gasteiger partial charge in [0.15, 0.2) is 0 Å². The zero-order valence-corrected chi connectivity index (χ0v) is 12.8. The number of ether oxygens (including phenoxy) is 1. The van der Waals surface area contributed by atoms with Crippen molar-refractivity contribution in [3.63, 3.8) is 0 Å². The number of hydrogen-bond acceptors (Lipinski definition) is 4. The molecule has 0 saturated carbocycles. The largest absolute Gasteiger partial charge is 0.462 e. The van der Waals surface area contributed by atoms with Gasteiger partial charge in [0, 0.05) is 19.6 Å². The van der Waals surface area contributed by atoms with Gasteiger partial charge in [0.05, 0.1) is 18.5 Å². The molecule has 1 saturated heterocycles. The number of aromatic nitrogens is 2. The normalized spacial score (nSPS) is 20.6. The number of nitrogens with zero attached hydrogens (tertiary/aromatic N) is 3. The summed E-state index contributed by atoms with van der Waals surface area (Å²) in [5.41, 5.74) is 1.56. The summed E-state index contributed by atoms with van der Waals surface area (Å²) in [6.07, 6.45) is 6.68. The van der Waals surface area contributed by atoms with Crippen molar-refractivity contribution in [3.05, 3.63) is 17.5 Å². The third kappa shape index (κ3) is 3.39. The van der Waals surface area contributed by atoms with Crippen molar-refractivity contribution in [1.29, 1.82) is 0 Å². The van der Waals surface area contributed by atoms with Crippen LogP contribution in [0.5, 0.6) is 0 Å². The molecule has 20 heavy (non-hydrogen) atoms. The molecule has 1 aromatic heterocycles. The van der Waals surface area contributed by atoms with Crippen molar-refractivity contribution in [1.82, 2.24) is 14.7 Å². The lowest BCUT2D eigenvalue weighted by Gasteiger charge is -2.27. The minimum absolute atomic E-state index is 0.266. The molecule has 5 nitrogen and oxygen atoms in total. The SMILES string of the molecule is CCOC(=O)c1cnn(C)c1CN1CCCCCC1C. The first-order valence-corrected chi connectivity index (χ1v) is 7.55. The minimum atomic E-state index is -0.266. The van der Waals surface area contributed by atoms with E-state index in [1.165, 1.54) is 25.7 Å². The number of hydrogen-bond donors (Lipinski definition) is 0. The lowest BCUT2D eigenvalue weighted by Crippen LogP contribution is -2.33. The van der Waals surface area contributed by atoms with Crippen LogP contribution in [0.2, 0.25) is 0 Å². The molecule has 0 bridgehead atoms. The van der Waals surface area contributed by atoms with Gasteiger partial charge in [0.1, 0.15) is 5.56 Å². The highest BCUT2D eigenvalue weighted by atomic mass is 16.5. The molecular weight excluding hydrogens is 254 g/mol. The van der Waals surface area contributed by atoms with Gasteiger partial charge in [0.2, 0.25) is 0 Å². The second-order valence-electron chi connectivity index (χ2n) is 5.52. The van der Waals surface area contributed by atoms with Gasteiger partial charge >= 0.3 is 5.97 Å². The number of carbonyl (C=O) groups is 1. The third-order valence-corrected chi connectivity index (χ3v) is 4.10. The molecule has 1 aromatic rings. The Morgan fingerprint density at radius 2 is 2.25 bits per heavy atom. The summed E-state index contributed by atoms with van der Waals surface area (Å²) in [6, 6.07) is 0.558. The summed E-state index contributed by atoms with van der Waals surface area (Å²) >= 11 is 0. The van der Waals surface area contributed by atoms with Gasteiger partial charge in [-0.05, 0) is 33.2 Å². The van der Waals surface area contributed by atoms with Crippen molar-refractivity contribution in [3.8, 4) is 0 Å². The fourth-order valence-corrected chi connectivity index (χ4v) is 2.79. The Balaban J connectivity index is 2.15. The summed E-state index contributed by atoms with van der Waals surface area (Å²) in [4.78, 5) is 14.4. The summed E-state index contributed by atoms with van der Waals surface area (Å²) in [6.45, 7) is 6.35. The summed E-state index contributed by atoms with van der Waals surface area (Å²) in [5.74, 6) is -0.266. The molecule has 1 atom stereocenters. The average molecular weight is 279 g/mol. The van der Waals surface area contributed by atoms with Gasteiger partial charge in [-0.2, -0.15) is 5.10 Å². The maximum atomic E-state index is 12.0. The van der Waals surface area contributed by atoms with E-state index in [1.54, 1.807) is 10.9 Å². The van der Waals surface area contributed by atoms with Crippen LogP contribution in [0, 0.1) is 0 Å². The molecule has 5 heteroatoms. The van der Waals surface area contributed by atoms with Crippen molar-refractivity contribution >= 4 is 5.97 Å². The molecule has 0 spiro atoms. The quantitative estimate of drug-likeness (QED) is 0.794. The van der Waals surface area contributed by atoms with Gasteiger partial charge in [-0.25, -0.2) is 4.79 Å². The molecule has 0 radical (unpaired) electrons. The van der Waals surface area contributed by atoms with Crippen molar-refractivity contribution in [2.45, 2.75) is 52.1 Å². The molecule has 0 N–H and O–H groups in total. The molecule has 112 valence electrons. The predicted octanol–water partition coefficient (Wildman–Crippen LogP) is 2.36. The first-order chi connectivity index (χ1) is 9.63. The first-order valence-electron chi connectivity index (χ1n) is 7.55. The second kappa shape index (κ2) is 6.88. The predicted molar refractivity (Wildman–Crippen MR) is 77.5 cm³/mol. The van der Waals surface area contributed by atoms with E-state index in [1.807, 2.05) is 14.0 Å². The fourth-order valence-electron chi connectivity index (χ4n) is 2.79. The maximum Gasteiger partial charge on any atom is 0.341 e. The molecule has 1 unspecified atom stereocenters. The van der Waals surface area contributed by atoms with Gasteiger partial charge < -0.3 is 4.74 Å². The van der Waals surface area contributed by atoms with E-state index in [4.69, 9.17) is 4.74 Å². The van der Waals surface area contributed by atoms with Gasteiger partial charge in [-0.1, -0.05) is 12.8 Å². The lowest BCUT2D eigenvalue weighted by atomic mass is 10.1. The average Bonchev–Trinajstić information content (AvgIpc) is 2.65. The van der Waals surface area contributed by atoms with E-state index in [-0.39, 0.29) is 5.97 Å². The Hall–Kier alpha value is -1.36. The van der Waals surface area contributed by atoms with Crippen LogP contribution in [0.25, 0.3) is 0 Å². The zero-order valence-electron chi connectivity index (χ0n) is 12.8. The van der Waals surface area contributed by atoms with E-state index in [9.17, 15) is 4.79 Å². The number of aryl methyl sites for hydroxylation is 1. The zero-order chi connectivity index (χ0) is 14.5. The Morgan fingerprint density at radius 1 is 1.45 bits per heavy atom. The Kier molecular flexibility index (Phi) is 5.17. The van der Waals surface area contributed by atoms with Crippen LogP contribution in [-0.2, 0) is 18.3 Å². The Morgan fingerprint density at radius 3 is 3.00 bits per heavy atom. The summed E-state index contributed by atoms with van der Waals surface area (Å²) in [5, 5.41) is 4.22. The molecule has 2 heterocycles. The van der Waals surface area contributed by atoms with Crippen LogP contribution in [0.1, 0.15) is 55.6 Å². The summed E-state index contributed by atoms with van der Waals surface area (Å²) < 4.78 is 6.91. The number of esters is 1. The fraction of sp³-hybridized carbons (Fsp3) is 0.733. The number of carbonyl (C=O) groups excluding carboxylic acids is 1. The van der Waals surface area contributed by atoms with E-state index >= 15 is 0 Å². The third-order valence-electron chi connectivity index (χ3n) is 4.10. The molecule has 0 aliphatic carbocycles. The Bertz CT molecular complexity index is 456. The highest BCUT2D eigenvalue weighted by Gasteiger charge is 2.23. The molecular formula is C15H25N3O2. The van der Waals surface area contributed by atoms with E-state index in [2.05, 4.69) is 16.9 Å². The van der Waals surface area contributed by atoms with Crippen molar-refractivity contribution < 1.29 is 9.53 Å². The van der Waals surface area contributed by atoms with Crippen LogP contribution in [0.15, 0.2) is 6.20 Å². The number of rotatable bonds is 4. The standard InChI is InChI=1S/C15H25N3O2/c1-4-20-15(19)13-10-16-17(3)14(13)11-18-9-7-5-6-8-12(18)2/h10,12H,4-9,11H2,1-3H3. The highest BCUT2D eigenvalue weighted by Crippen LogP contribution is 2.20.